The molecule has 0 heterocycles. The smallest absolute Gasteiger partial charge is 0.190 e. The fourth-order valence-electron chi connectivity index (χ4n) is 0.952. The molecule has 0 aliphatic heterocycles. The van der Waals surface area contributed by atoms with E-state index in [1.54, 1.807) is 0 Å². The van der Waals surface area contributed by atoms with E-state index in [0.717, 1.165) is 34.5 Å². The predicted octanol–water partition coefficient (Wildman–Crippen LogP) is 3.57. The number of hydrogen-bond acceptors (Lipinski definition) is 6. The molecule has 0 fully saturated rings. The molecular formula is C10H19ClOS5. The second kappa shape index (κ2) is 14.1. The lowest BCUT2D eigenvalue weighted by atomic mass is 10.5. The summed E-state index contributed by atoms with van der Waals surface area (Å²) in [6, 6.07) is 0. The van der Waals surface area contributed by atoms with Crippen LogP contribution in [-0.4, -0.2) is 50.8 Å². The van der Waals surface area contributed by atoms with Crippen LogP contribution >= 0.6 is 72.1 Å². The van der Waals surface area contributed by atoms with Gasteiger partial charge in [0.15, 0.2) is 5.12 Å². The van der Waals surface area contributed by atoms with Crippen LogP contribution in [0.3, 0.4) is 0 Å². The van der Waals surface area contributed by atoms with Gasteiger partial charge in [0.1, 0.15) is 0 Å². The number of thioether (sulfide) groups is 3. The van der Waals surface area contributed by atoms with Crippen molar-refractivity contribution in [1.29, 1.82) is 0 Å². The van der Waals surface area contributed by atoms with Gasteiger partial charge in [0.25, 0.3) is 0 Å². The molecule has 0 saturated carbocycles. The number of carbonyl (C=O) groups excluding carboxylic acids is 1. The van der Waals surface area contributed by atoms with Crippen LogP contribution < -0.4 is 0 Å². The van der Waals surface area contributed by atoms with Crippen molar-refractivity contribution in [2.24, 2.45) is 0 Å². The summed E-state index contributed by atoms with van der Waals surface area (Å²) in [5.41, 5.74) is 0. The molecule has 0 aromatic heterocycles. The minimum Gasteiger partial charge on any atom is -0.287 e. The second-order valence-electron chi connectivity index (χ2n) is 3.13. The van der Waals surface area contributed by atoms with Crippen molar-refractivity contribution in [3.63, 3.8) is 0 Å². The highest BCUT2D eigenvalue weighted by molar-refractivity contribution is 8.14. The molecule has 0 aromatic carbocycles. The number of alkyl halides is 1. The first kappa shape index (κ1) is 18.7. The van der Waals surface area contributed by atoms with E-state index in [0.29, 0.717) is 17.6 Å². The summed E-state index contributed by atoms with van der Waals surface area (Å²) in [4.78, 5) is 11.2. The molecule has 0 radical (unpaired) electrons. The zero-order valence-electron chi connectivity index (χ0n) is 9.64. The summed E-state index contributed by atoms with van der Waals surface area (Å²) in [5, 5.41) is 0.777. The molecule has 1 nitrogen and oxygen atoms in total. The third-order valence-electron chi connectivity index (χ3n) is 1.74. The van der Waals surface area contributed by atoms with Gasteiger partial charge in [-0.05, 0) is 5.75 Å². The summed E-state index contributed by atoms with van der Waals surface area (Å²) < 4.78 is 0. The van der Waals surface area contributed by atoms with Gasteiger partial charge in [-0.1, -0.05) is 11.8 Å². The van der Waals surface area contributed by atoms with E-state index in [-0.39, 0.29) is 5.12 Å². The zero-order valence-corrected chi connectivity index (χ0v) is 14.6. The monoisotopic (exact) mass is 350 g/mol. The van der Waals surface area contributed by atoms with Crippen LogP contribution in [-0.2, 0) is 4.79 Å². The van der Waals surface area contributed by atoms with E-state index in [9.17, 15) is 4.79 Å². The molecular weight excluding hydrogens is 332 g/mol. The topological polar surface area (TPSA) is 17.1 Å². The lowest BCUT2D eigenvalue weighted by Crippen LogP contribution is -2.10. The maximum atomic E-state index is 11.2. The Morgan fingerprint density at radius 3 is 2.59 bits per heavy atom. The number of hydrogen-bond donors (Lipinski definition) is 2. The molecule has 102 valence electrons. The Bertz CT molecular complexity index is 194. The molecule has 0 N–H and O–H groups in total. The average molecular weight is 351 g/mol. The quantitative estimate of drug-likeness (QED) is 0.336. The van der Waals surface area contributed by atoms with Gasteiger partial charge in [-0.15, -0.1) is 11.6 Å². The Hall–Kier alpha value is 1.71. The molecule has 0 spiro atoms. The molecule has 1 atom stereocenters. The van der Waals surface area contributed by atoms with E-state index in [2.05, 4.69) is 25.3 Å². The Balaban J connectivity index is 3.45. The SMILES string of the molecule is O=C(CCCl)SCCSC(CS)CSCCS. The standard InChI is InChI=1S/C10H19ClOS5/c11-2-1-10(12)17-6-5-16-9(7-14)8-15-4-3-13/h9,13-14H,1-8H2. The average Bonchev–Trinajstić information content (AvgIpc) is 2.32. The van der Waals surface area contributed by atoms with E-state index >= 15 is 0 Å². The van der Waals surface area contributed by atoms with Gasteiger partial charge in [-0.2, -0.15) is 48.8 Å². The summed E-state index contributed by atoms with van der Waals surface area (Å²) in [5.74, 6) is 6.35. The van der Waals surface area contributed by atoms with Gasteiger partial charge in [0, 0.05) is 46.3 Å². The van der Waals surface area contributed by atoms with Crippen LogP contribution in [0.25, 0.3) is 0 Å². The van der Waals surface area contributed by atoms with Crippen molar-refractivity contribution in [3.05, 3.63) is 0 Å². The minimum absolute atomic E-state index is 0.201. The maximum Gasteiger partial charge on any atom is 0.190 e. The zero-order chi connectivity index (χ0) is 12.9. The third-order valence-corrected chi connectivity index (χ3v) is 6.92. The summed E-state index contributed by atoms with van der Waals surface area (Å²) >= 11 is 19.2. The molecule has 0 aliphatic carbocycles. The first-order chi connectivity index (χ1) is 8.24. The van der Waals surface area contributed by atoms with Crippen LogP contribution in [0, 0.1) is 0 Å². The van der Waals surface area contributed by atoms with Crippen molar-refractivity contribution >= 4 is 77.3 Å². The van der Waals surface area contributed by atoms with Crippen LogP contribution in [0.5, 0.6) is 0 Å². The number of thiol groups is 2. The molecule has 0 rings (SSSR count). The number of carbonyl (C=O) groups is 1. The molecule has 7 heteroatoms. The van der Waals surface area contributed by atoms with Crippen molar-refractivity contribution in [2.75, 3.05) is 40.4 Å². The highest BCUT2D eigenvalue weighted by Gasteiger charge is 2.08. The minimum atomic E-state index is 0.201. The summed E-state index contributed by atoms with van der Waals surface area (Å²) in [6.45, 7) is 0. The van der Waals surface area contributed by atoms with Crippen molar-refractivity contribution in [2.45, 2.75) is 11.7 Å². The van der Waals surface area contributed by atoms with Crippen molar-refractivity contribution < 1.29 is 4.79 Å². The Morgan fingerprint density at radius 2 is 2.00 bits per heavy atom. The van der Waals surface area contributed by atoms with E-state index in [1.807, 2.05) is 23.5 Å². The lowest BCUT2D eigenvalue weighted by molar-refractivity contribution is -0.110. The highest BCUT2D eigenvalue weighted by Crippen LogP contribution is 2.20. The van der Waals surface area contributed by atoms with Crippen LogP contribution in [0.2, 0.25) is 0 Å². The molecule has 1 unspecified atom stereocenters. The van der Waals surface area contributed by atoms with Gasteiger partial charge >= 0.3 is 0 Å². The van der Waals surface area contributed by atoms with Crippen molar-refractivity contribution in [1.82, 2.24) is 0 Å². The van der Waals surface area contributed by atoms with Gasteiger partial charge < -0.3 is 0 Å². The van der Waals surface area contributed by atoms with Crippen LogP contribution in [0.4, 0.5) is 0 Å². The van der Waals surface area contributed by atoms with E-state index in [4.69, 9.17) is 11.6 Å². The third kappa shape index (κ3) is 12.5. The predicted molar refractivity (Wildman–Crippen MR) is 94.1 cm³/mol. The van der Waals surface area contributed by atoms with Crippen LogP contribution in [0.15, 0.2) is 0 Å². The molecule has 17 heavy (non-hydrogen) atoms. The molecule has 0 saturated heterocycles. The fourth-order valence-corrected chi connectivity index (χ4v) is 5.22. The second-order valence-corrected chi connectivity index (χ2v) is 8.03. The largest absolute Gasteiger partial charge is 0.287 e. The Kier molecular flexibility index (Phi) is 15.5. The van der Waals surface area contributed by atoms with Crippen molar-refractivity contribution in [3.8, 4) is 0 Å². The van der Waals surface area contributed by atoms with Gasteiger partial charge in [0.2, 0.25) is 0 Å². The fraction of sp³-hybridized carbons (Fsp3) is 0.900. The normalized spacial score (nSPS) is 12.6. The summed E-state index contributed by atoms with van der Waals surface area (Å²) in [6.07, 6.45) is 0.477. The lowest BCUT2D eigenvalue weighted by Gasteiger charge is -2.12. The maximum absolute atomic E-state index is 11.2. The molecule has 0 aliphatic rings. The van der Waals surface area contributed by atoms with Gasteiger partial charge in [0.05, 0.1) is 0 Å². The molecule has 0 aromatic rings. The number of halogens is 1. The first-order valence-electron chi connectivity index (χ1n) is 5.37. The highest BCUT2D eigenvalue weighted by atomic mass is 35.5. The Labute approximate surface area is 133 Å². The van der Waals surface area contributed by atoms with E-state index < -0.39 is 0 Å². The van der Waals surface area contributed by atoms with E-state index in [1.165, 1.54) is 11.8 Å². The van der Waals surface area contributed by atoms with Crippen LogP contribution in [0.1, 0.15) is 6.42 Å². The van der Waals surface area contributed by atoms with Gasteiger partial charge in [-0.25, -0.2) is 0 Å². The Morgan fingerprint density at radius 1 is 1.24 bits per heavy atom. The molecule has 0 amide bonds. The summed E-state index contributed by atoms with van der Waals surface area (Å²) in [7, 11) is 0. The molecule has 0 bridgehead atoms. The van der Waals surface area contributed by atoms with Gasteiger partial charge in [-0.3, -0.25) is 4.79 Å². The first-order valence-corrected chi connectivity index (χ1v) is 10.4. The number of rotatable bonds is 11.